The molecule has 0 N–H and O–H groups in total. The fourth-order valence-electron chi connectivity index (χ4n) is 7.97. The fourth-order valence-corrected chi connectivity index (χ4v) is 7.97. The maximum Gasteiger partial charge on any atom is 0.258 e. The lowest BCUT2D eigenvalue weighted by Gasteiger charge is -2.25. The Morgan fingerprint density at radius 3 is 2.48 bits per heavy atom. The lowest BCUT2D eigenvalue weighted by Crippen LogP contribution is -2.26. The second-order valence-corrected chi connectivity index (χ2v) is 12.0. The first-order valence-corrected chi connectivity index (χ1v) is 15.0. The van der Waals surface area contributed by atoms with Gasteiger partial charge in [-0.1, -0.05) is 60.7 Å². The number of benzene rings is 6. The van der Waals surface area contributed by atoms with Gasteiger partial charge in [0.15, 0.2) is 5.78 Å². The van der Waals surface area contributed by atoms with E-state index in [0.29, 0.717) is 5.56 Å². The number of nitrogens with zero attached hydrogens (tertiary/aromatic N) is 4. The minimum absolute atomic E-state index is 0.0203. The Morgan fingerprint density at radius 2 is 1.55 bits per heavy atom. The highest BCUT2D eigenvalue weighted by atomic mass is 16.2. The summed E-state index contributed by atoms with van der Waals surface area (Å²) in [4.78, 5) is 39.6. The Balaban J connectivity index is 1.32. The van der Waals surface area contributed by atoms with Crippen LogP contribution in [0.2, 0.25) is 0 Å². The van der Waals surface area contributed by atoms with Crippen molar-refractivity contribution in [1.29, 1.82) is 0 Å². The molecular weight excluding hydrogens is 544 g/mol. The average molecular weight is 569 g/mol. The second kappa shape index (κ2) is 8.26. The number of amides is 1. The van der Waals surface area contributed by atoms with Gasteiger partial charge in [-0.2, -0.15) is 0 Å². The Kier molecular flexibility index (Phi) is 4.49. The number of fused-ring (bicyclic) bond motifs is 7. The van der Waals surface area contributed by atoms with Crippen LogP contribution in [0.15, 0.2) is 89.9 Å². The zero-order chi connectivity index (χ0) is 29.3. The molecule has 1 aliphatic carbocycles. The SMILES string of the molecule is CN1C(=O)c2ccc3c4c5c6c(ccc5c5ccc(c2c35)C=Nc2ccccc21)C(=O)Cn1c(nc2ccccc21)C6CC=4. The van der Waals surface area contributed by atoms with E-state index in [1.165, 1.54) is 0 Å². The van der Waals surface area contributed by atoms with Crippen molar-refractivity contribution in [1.82, 2.24) is 9.55 Å². The molecule has 6 heteroatoms. The van der Waals surface area contributed by atoms with E-state index < -0.39 is 0 Å². The smallest absolute Gasteiger partial charge is 0.258 e. The van der Waals surface area contributed by atoms with Crippen LogP contribution in [0.3, 0.4) is 0 Å². The lowest BCUT2D eigenvalue weighted by molar-refractivity contribution is 0.0971. The van der Waals surface area contributed by atoms with Gasteiger partial charge in [0, 0.05) is 41.3 Å². The number of aromatic nitrogens is 2. The van der Waals surface area contributed by atoms with E-state index in [1.54, 1.807) is 4.90 Å². The first-order chi connectivity index (χ1) is 21.6. The van der Waals surface area contributed by atoms with Gasteiger partial charge in [0.25, 0.3) is 5.91 Å². The summed E-state index contributed by atoms with van der Waals surface area (Å²) < 4.78 is 2.12. The number of imidazole rings is 1. The summed E-state index contributed by atoms with van der Waals surface area (Å²) in [7, 11) is 1.82. The van der Waals surface area contributed by atoms with Crippen LogP contribution in [0.4, 0.5) is 11.4 Å². The molecule has 0 saturated heterocycles. The van der Waals surface area contributed by atoms with Crippen LogP contribution in [-0.2, 0) is 6.54 Å². The van der Waals surface area contributed by atoms with Gasteiger partial charge in [0.1, 0.15) is 5.82 Å². The molecule has 0 spiro atoms. The van der Waals surface area contributed by atoms with E-state index in [-0.39, 0.29) is 24.2 Å². The van der Waals surface area contributed by atoms with Crippen LogP contribution in [0.5, 0.6) is 0 Å². The third-order valence-electron chi connectivity index (χ3n) is 9.91. The van der Waals surface area contributed by atoms with Crippen LogP contribution < -0.4 is 10.1 Å². The number of ketones is 1. The summed E-state index contributed by atoms with van der Waals surface area (Å²) in [6.45, 7) is 0.281. The standard InChI is InChI=1S/C38H24N4O2/c1-41-30-8-4-2-6-28(30)39-18-20-10-11-21-23-12-15-25-32(43)19-42-31-9-5-3-7-29(31)40-37(42)26-16-13-24(35(23)36(25)26)22-14-17-27(38(41)44)33(20)34(21)22/h2-15,17-18,26H,16,19H2,1H3. The van der Waals surface area contributed by atoms with E-state index in [0.717, 1.165) is 88.9 Å². The average Bonchev–Trinajstić information content (AvgIpc) is 3.38. The van der Waals surface area contributed by atoms with E-state index >= 15 is 0 Å². The molecule has 7 aromatic rings. The Labute approximate surface area is 251 Å². The van der Waals surface area contributed by atoms with Crippen molar-refractivity contribution in [2.24, 2.45) is 4.99 Å². The Morgan fingerprint density at radius 1 is 0.773 bits per heavy atom. The number of hydrogen-bond donors (Lipinski definition) is 0. The zero-order valence-electron chi connectivity index (χ0n) is 23.8. The van der Waals surface area contributed by atoms with Crippen LogP contribution in [0.1, 0.15) is 50.0 Å². The molecule has 0 saturated carbocycles. The van der Waals surface area contributed by atoms with Crippen molar-refractivity contribution in [2.45, 2.75) is 18.9 Å². The van der Waals surface area contributed by atoms with Gasteiger partial charge in [-0.3, -0.25) is 14.6 Å². The number of rotatable bonds is 0. The highest BCUT2D eigenvalue weighted by molar-refractivity contribution is 6.30. The van der Waals surface area contributed by atoms with E-state index in [4.69, 9.17) is 9.98 Å². The van der Waals surface area contributed by atoms with Crippen molar-refractivity contribution in [3.05, 3.63) is 118 Å². The number of para-hydroxylation sites is 4. The van der Waals surface area contributed by atoms with E-state index in [1.807, 2.05) is 67.9 Å². The summed E-state index contributed by atoms with van der Waals surface area (Å²) in [6.07, 6.45) is 4.95. The Bertz CT molecular complexity index is 2570. The van der Waals surface area contributed by atoms with Gasteiger partial charge in [-0.25, -0.2) is 4.98 Å². The minimum atomic E-state index is -0.0668. The van der Waals surface area contributed by atoms with E-state index in [2.05, 4.69) is 41.0 Å². The van der Waals surface area contributed by atoms with E-state index in [9.17, 15) is 9.59 Å². The van der Waals surface area contributed by atoms with Crippen molar-refractivity contribution in [3.63, 3.8) is 0 Å². The minimum Gasteiger partial charge on any atom is -0.320 e. The normalized spacial score (nSPS) is 16.9. The molecule has 0 radical (unpaired) electrons. The second-order valence-electron chi connectivity index (χ2n) is 12.0. The van der Waals surface area contributed by atoms with Gasteiger partial charge >= 0.3 is 0 Å². The summed E-state index contributed by atoms with van der Waals surface area (Å²) >= 11 is 0. The predicted octanol–water partition coefficient (Wildman–Crippen LogP) is 7.07. The molecule has 3 aliphatic rings. The molecular formula is C38H24N4O2. The molecule has 0 fully saturated rings. The topological polar surface area (TPSA) is 67.6 Å². The first-order valence-electron chi connectivity index (χ1n) is 15.0. The number of anilines is 1. The largest absolute Gasteiger partial charge is 0.320 e. The van der Waals surface area contributed by atoms with Gasteiger partial charge in [-0.15, -0.1) is 0 Å². The number of Topliss-reactive ketones (excluding diaryl/α,β-unsaturated/α-hetero) is 1. The molecule has 1 atom stereocenters. The molecule has 6 nitrogen and oxygen atoms in total. The fraction of sp³-hybridized carbons (Fsp3) is 0.105. The number of carbonyl (C=O) groups is 2. The summed E-state index contributed by atoms with van der Waals surface area (Å²) in [6, 6.07) is 28.2. The molecule has 2 aliphatic heterocycles. The molecule has 1 amide bonds. The van der Waals surface area contributed by atoms with Gasteiger partial charge in [-0.05, 0) is 74.5 Å². The van der Waals surface area contributed by atoms with Crippen LogP contribution in [0, 0.1) is 0 Å². The predicted molar refractivity (Wildman–Crippen MR) is 176 cm³/mol. The maximum atomic E-state index is 14.1. The summed E-state index contributed by atoms with van der Waals surface area (Å²) in [5, 5.41) is 7.47. The summed E-state index contributed by atoms with van der Waals surface area (Å²) in [5.74, 6) is 0.975. The highest BCUT2D eigenvalue weighted by Gasteiger charge is 2.34. The quantitative estimate of drug-likeness (QED) is 0.145. The first kappa shape index (κ1) is 23.9. The Hall–Kier alpha value is -5.62. The third-order valence-corrected chi connectivity index (χ3v) is 9.91. The number of hydrogen-bond acceptors (Lipinski definition) is 4. The number of carbonyl (C=O) groups excluding carboxylic acids is 2. The van der Waals surface area contributed by atoms with Crippen molar-refractivity contribution >= 4 is 78.7 Å². The third kappa shape index (κ3) is 2.90. The summed E-state index contributed by atoms with van der Waals surface area (Å²) in [5.41, 5.74) is 6.88. The van der Waals surface area contributed by atoms with Crippen LogP contribution >= 0.6 is 0 Å². The van der Waals surface area contributed by atoms with Crippen molar-refractivity contribution in [3.8, 4) is 0 Å². The molecule has 6 aromatic carbocycles. The molecule has 0 bridgehead atoms. The van der Waals surface area contributed by atoms with Crippen molar-refractivity contribution in [2.75, 3.05) is 11.9 Å². The van der Waals surface area contributed by atoms with Gasteiger partial charge in [0.2, 0.25) is 0 Å². The molecule has 208 valence electrons. The molecule has 44 heavy (non-hydrogen) atoms. The van der Waals surface area contributed by atoms with Crippen LogP contribution in [0.25, 0.3) is 49.4 Å². The lowest BCUT2D eigenvalue weighted by atomic mass is 9.78. The van der Waals surface area contributed by atoms with Crippen LogP contribution in [-0.4, -0.2) is 34.5 Å². The molecule has 1 unspecified atom stereocenters. The molecule has 10 rings (SSSR count). The number of aliphatic imine (C=N–C) groups is 1. The van der Waals surface area contributed by atoms with Gasteiger partial charge in [0.05, 0.1) is 29.0 Å². The zero-order valence-corrected chi connectivity index (χ0v) is 23.8. The van der Waals surface area contributed by atoms with Gasteiger partial charge < -0.3 is 9.47 Å². The molecule has 3 heterocycles. The molecule has 1 aromatic heterocycles. The highest BCUT2D eigenvalue weighted by Crippen LogP contribution is 2.44. The van der Waals surface area contributed by atoms with Crippen molar-refractivity contribution < 1.29 is 9.59 Å². The maximum absolute atomic E-state index is 14.1. The monoisotopic (exact) mass is 568 g/mol.